The predicted molar refractivity (Wildman–Crippen MR) is 103 cm³/mol. The number of para-hydroxylation sites is 2. The minimum Gasteiger partial charge on any atom is -0.495 e. The number of nitrogens with one attached hydrogen (secondary N) is 1. The van der Waals surface area contributed by atoms with Crippen LogP contribution in [0.5, 0.6) is 5.75 Å². The number of methoxy groups -OCH3 is 1. The minimum absolute atomic E-state index is 0. The van der Waals surface area contributed by atoms with Gasteiger partial charge < -0.3 is 25.4 Å². The van der Waals surface area contributed by atoms with Gasteiger partial charge in [-0.15, -0.1) is 12.4 Å². The van der Waals surface area contributed by atoms with Gasteiger partial charge in [0, 0.05) is 19.8 Å². The molecule has 1 unspecified atom stereocenters. The van der Waals surface area contributed by atoms with E-state index in [-0.39, 0.29) is 36.7 Å². The number of carbonyl (C=O) groups excluding carboxylic acids is 2. The molecule has 1 atom stereocenters. The fourth-order valence-electron chi connectivity index (χ4n) is 2.94. The Morgan fingerprint density at radius 1 is 1.35 bits per heavy atom. The maximum absolute atomic E-state index is 12.6. The van der Waals surface area contributed by atoms with Gasteiger partial charge in [0.2, 0.25) is 11.8 Å². The van der Waals surface area contributed by atoms with Crippen LogP contribution in [0.2, 0.25) is 0 Å². The third kappa shape index (κ3) is 5.86. The molecule has 2 rings (SSSR count). The summed E-state index contributed by atoms with van der Waals surface area (Å²) in [5.41, 5.74) is 6.72. The average Bonchev–Trinajstić information content (AvgIpc) is 2.66. The summed E-state index contributed by atoms with van der Waals surface area (Å²) in [4.78, 5) is 26.5. The summed E-state index contributed by atoms with van der Waals surface area (Å²) in [7, 11) is 1.54. The van der Waals surface area contributed by atoms with E-state index in [9.17, 15) is 9.59 Å². The van der Waals surface area contributed by atoms with Crippen LogP contribution in [0, 0.1) is 5.92 Å². The molecule has 1 aromatic carbocycles. The van der Waals surface area contributed by atoms with Gasteiger partial charge in [0.25, 0.3) is 0 Å². The zero-order chi connectivity index (χ0) is 18.2. The number of carbonyl (C=O) groups is 2. The van der Waals surface area contributed by atoms with E-state index in [0.29, 0.717) is 31.2 Å². The molecule has 0 radical (unpaired) electrons. The van der Waals surface area contributed by atoms with Crippen LogP contribution >= 0.6 is 12.4 Å². The van der Waals surface area contributed by atoms with Gasteiger partial charge in [0.05, 0.1) is 25.4 Å². The predicted octanol–water partition coefficient (Wildman–Crippen LogP) is 1.66. The molecule has 1 aliphatic heterocycles. The van der Waals surface area contributed by atoms with Crippen molar-refractivity contribution in [2.24, 2.45) is 11.7 Å². The van der Waals surface area contributed by atoms with Gasteiger partial charge in [-0.05, 0) is 37.8 Å². The van der Waals surface area contributed by atoms with E-state index in [2.05, 4.69) is 5.32 Å². The van der Waals surface area contributed by atoms with Gasteiger partial charge in [-0.3, -0.25) is 9.59 Å². The molecule has 1 heterocycles. The largest absolute Gasteiger partial charge is 0.495 e. The van der Waals surface area contributed by atoms with Crippen molar-refractivity contribution in [2.75, 3.05) is 38.7 Å². The Morgan fingerprint density at radius 3 is 2.62 bits per heavy atom. The normalized spacial score (nSPS) is 15.5. The van der Waals surface area contributed by atoms with E-state index in [1.165, 1.54) is 4.90 Å². The third-order valence-electron chi connectivity index (χ3n) is 4.47. The summed E-state index contributed by atoms with van der Waals surface area (Å²) in [6.45, 7) is 3.49. The molecule has 0 aliphatic carbocycles. The van der Waals surface area contributed by atoms with E-state index in [0.717, 1.165) is 12.8 Å². The standard InChI is InChI=1S/C18H27N3O4.ClH/c1-3-21(18(23)17(19)13-8-10-25-11-9-13)12-16(22)20-14-6-4-5-7-15(14)24-2;/h4-7,13,17H,3,8-12,19H2,1-2H3,(H,20,22);1H. The number of halogens is 1. The summed E-state index contributed by atoms with van der Waals surface area (Å²) >= 11 is 0. The number of nitrogens with two attached hydrogens (primary N) is 1. The van der Waals surface area contributed by atoms with E-state index < -0.39 is 6.04 Å². The van der Waals surface area contributed by atoms with Gasteiger partial charge in [0.15, 0.2) is 0 Å². The Kier molecular flexibility index (Phi) is 9.40. The molecule has 146 valence electrons. The Labute approximate surface area is 160 Å². The van der Waals surface area contributed by atoms with Crippen LogP contribution in [-0.4, -0.2) is 56.2 Å². The van der Waals surface area contributed by atoms with Crippen LogP contribution in [0.1, 0.15) is 19.8 Å². The van der Waals surface area contributed by atoms with Crippen molar-refractivity contribution in [1.82, 2.24) is 4.90 Å². The lowest BCUT2D eigenvalue weighted by Crippen LogP contribution is -2.50. The quantitative estimate of drug-likeness (QED) is 0.744. The Morgan fingerprint density at radius 2 is 2.00 bits per heavy atom. The summed E-state index contributed by atoms with van der Waals surface area (Å²) in [5.74, 6) is 0.208. The van der Waals surface area contributed by atoms with Crippen molar-refractivity contribution in [1.29, 1.82) is 0 Å². The number of nitrogens with zero attached hydrogens (tertiary/aromatic N) is 1. The molecule has 0 saturated carbocycles. The maximum Gasteiger partial charge on any atom is 0.244 e. The number of hydrogen-bond donors (Lipinski definition) is 2. The molecule has 26 heavy (non-hydrogen) atoms. The fraction of sp³-hybridized carbons (Fsp3) is 0.556. The summed E-state index contributed by atoms with van der Waals surface area (Å²) in [6, 6.07) is 6.55. The van der Waals surface area contributed by atoms with Gasteiger partial charge in [-0.2, -0.15) is 0 Å². The Hall–Kier alpha value is -1.83. The van der Waals surface area contributed by atoms with E-state index >= 15 is 0 Å². The van der Waals surface area contributed by atoms with E-state index in [1.807, 2.05) is 19.1 Å². The Balaban J connectivity index is 0.00000338. The number of benzene rings is 1. The van der Waals surface area contributed by atoms with Gasteiger partial charge in [0.1, 0.15) is 5.75 Å². The molecule has 1 saturated heterocycles. The Bertz CT molecular complexity index is 594. The first-order chi connectivity index (χ1) is 12.1. The lowest BCUT2D eigenvalue weighted by atomic mass is 9.91. The topological polar surface area (TPSA) is 93.9 Å². The second-order valence-electron chi connectivity index (χ2n) is 6.08. The highest BCUT2D eigenvalue weighted by molar-refractivity contribution is 5.96. The molecule has 7 nitrogen and oxygen atoms in total. The SMILES string of the molecule is CCN(CC(=O)Nc1ccccc1OC)C(=O)C(N)C1CCOCC1.Cl. The first-order valence-electron chi connectivity index (χ1n) is 8.61. The highest BCUT2D eigenvalue weighted by atomic mass is 35.5. The van der Waals surface area contributed by atoms with Crippen LogP contribution in [0.15, 0.2) is 24.3 Å². The number of rotatable bonds is 7. The van der Waals surface area contributed by atoms with Gasteiger partial charge >= 0.3 is 0 Å². The van der Waals surface area contributed by atoms with Crippen LogP contribution in [0.4, 0.5) is 5.69 Å². The second kappa shape index (κ2) is 11.0. The van der Waals surface area contributed by atoms with Crippen molar-refractivity contribution in [2.45, 2.75) is 25.8 Å². The molecule has 2 amide bonds. The van der Waals surface area contributed by atoms with Crippen molar-refractivity contribution in [3.8, 4) is 5.75 Å². The van der Waals surface area contributed by atoms with Crippen LogP contribution in [0.3, 0.4) is 0 Å². The lowest BCUT2D eigenvalue weighted by Gasteiger charge is -2.30. The number of hydrogen-bond acceptors (Lipinski definition) is 5. The van der Waals surface area contributed by atoms with E-state index in [4.69, 9.17) is 15.2 Å². The molecular weight excluding hydrogens is 358 g/mol. The molecule has 0 bridgehead atoms. The lowest BCUT2D eigenvalue weighted by molar-refractivity contribution is -0.137. The minimum atomic E-state index is -0.595. The molecular formula is C18H28ClN3O4. The van der Waals surface area contributed by atoms with Crippen LogP contribution in [0.25, 0.3) is 0 Å². The van der Waals surface area contributed by atoms with Crippen LogP contribution < -0.4 is 15.8 Å². The van der Waals surface area contributed by atoms with Crippen LogP contribution in [-0.2, 0) is 14.3 Å². The zero-order valence-electron chi connectivity index (χ0n) is 15.3. The molecule has 1 aromatic rings. The van der Waals surface area contributed by atoms with Crippen molar-refractivity contribution in [3.05, 3.63) is 24.3 Å². The number of ether oxygens (including phenoxy) is 2. The van der Waals surface area contributed by atoms with Gasteiger partial charge in [-0.1, -0.05) is 12.1 Å². The average molecular weight is 386 g/mol. The smallest absolute Gasteiger partial charge is 0.244 e. The summed E-state index contributed by atoms with van der Waals surface area (Å²) in [6.07, 6.45) is 1.55. The first-order valence-corrected chi connectivity index (χ1v) is 8.61. The van der Waals surface area contributed by atoms with Gasteiger partial charge in [-0.25, -0.2) is 0 Å². The van der Waals surface area contributed by atoms with Crippen molar-refractivity contribution in [3.63, 3.8) is 0 Å². The third-order valence-corrected chi connectivity index (χ3v) is 4.47. The number of likely N-dealkylation sites (N-methyl/N-ethyl adjacent to an activating group) is 1. The summed E-state index contributed by atoms with van der Waals surface area (Å²) < 4.78 is 10.5. The molecule has 0 aromatic heterocycles. The van der Waals surface area contributed by atoms with E-state index in [1.54, 1.807) is 19.2 Å². The summed E-state index contributed by atoms with van der Waals surface area (Å²) in [5, 5.41) is 2.78. The maximum atomic E-state index is 12.6. The molecule has 1 aliphatic rings. The number of anilines is 1. The molecule has 1 fully saturated rings. The molecule has 3 N–H and O–H groups in total. The highest BCUT2D eigenvalue weighted by Crippen LogP contribution is 2.23. The fourth-order valence-corrected chi connectivity index (χ4v) is 2.94. The molecule has 8 heteroatoms. The first kappa shape index (κ1) is 22.2. The van der Waals surface area contributed by atoms with Crippen molar-refractivity contribution < 1.29 is 19.1 Å². The zero-order valence-corrected chi connectivity index (χ0v) is 16.1. The number of amides is 2. The molecule has 0 spiro atoms. The second-order valence-corrected chi connectivity index (χ2v) is 6.08. The van der Waals surface area contributed by atoms with Crippen molar-refractivity contribution >= 4 is 29.9 Å². The monoisotopic (exact) mass is 385 g/mol. The highest BCUT2D eigenvalue weighted by Gasteiger charge is 2.30.